The first kappa shape index (κ1) is 10.9. The van der Waals surface area contributed by atoms with Gasteiger partial charge in [0.2, 0.25) is 0 Å². The van der Waals surface area contributed by atoms with Crippen LogP contribution in [0.1, 0.15) is 5.56 Å². The van der Waals surface area contributed by atoms with Gasteiger partial charge in [0.1, 0.15) is 11.5 Å². The molecule has 0 fully saturated rings. The second kappa shape index (κ2) is 4.23. The Morgan fingerprint density at radius 1 is 1.17 bits per heavy atom. The molecule has 3 rings (SSSR count). The molecule has 90 valence electrons. The molecule has 1 aromatic carbocycles. The molecule has 3 nitrogen and oxygen atoms in total. The van der Waals surface area contributed by atoms with Crippen molar-refractivity contribution in [3.05, 3.63) is 60.2 Å². The minimum Gasteiger partial charge on any atom is -0.392 e. The third-order valence-corrected chi connectivity index (χ3v) is 2.87. The number of rotatable bonds is 2. The number of nitrogens with zero attached hydrogens (tertiary/aromatic N) is 2. The second-order valence-corrected chi connectivity index (χ2v) is 4.06. The van der Waals surface area contributed by atoms with Crippen LogP contribution in [0, 0.1) is 5.82 Å². The number of aliphatic hydroxyl groups is 1. The first-order valence-electron chi connectivity index (χ1n) is 5.61. The SMILES string of the molecule is OCc1cccn2cc(-c3ccc(F)cc3)nc12. The Kier molecular flexibility index (Phi) is 2.57. The van der Waals surface area contributed by atoms with Gasteiger partial charge in [-0.05, 0) is 30.3 Å². The summed E-state index contributed by atoms with van der Waals surface area (Å²) in [6.45, 7) is -0.0514. The van der Waals surface area contributed by atoms with Crippen molar-refractivity contribution in [3.63, 3.8) is 0 Å². The lowest BCUT2D eigenvalue weighted by atomic mass is 10.2. The van der Waals surface area contributed by atoms with Crippen LogP contribution < -0.4 is 0 Å². The van der Waals surface area contributed by atoms with Crippen LogP contribution in [-0.2, 0) is 6.61 Å². The predicted octanol–water partition coefficient (Wildman–Crippen LogP) is 2.63. The number of imidazole rings is 1. The highest BCUT2D eigenvalue weighted by Crippen LogP contribution is 2.21. The summed E-state index contributed by atoms with van der Waals surface area (Å²) >= 11 is 0. The van der Waals surface area contributed by atoms with Crippen LogP contribution in [0.4, 0.5) is 4.39 Å². The van der Waals surface area contributed by atoms with Crippen LogP contribution in [0.25, 0.3) is 16.9 Å². The Morgan fingerprint density at radius 3 is 2.67 bits per heavy atom. The fourth-order valence-electron chi connectivity index (χ4n) is 1.95. The number of hydrogen-bond acceptors (Lipinski definition) is 2. The third kappa shape index (κ3) is 1.76. The molecule has 0 amide bonds. The molecule has 0 bridgehead atoms. The van der Waals surface area contributed by atoms with E-state index < -0.39 is 0 Å². The number of aliphatic hydroxyl groups excluding tert-OH is 1. The molecule has 0 saturated heterocycles. The summed E-state index contributed by atoms with van der Waals surface area (Å²) in [4.78, 5) is 4.46. The predicted molar refractivity (Wildman–Crippen MR) is 66.5 cm³/mol. The maximum atomic E-state index is 12.9. The molecule has 2 heterocycles. The van der Waals surface area contributed by atoms with E-state index in [0.29, 0.717) is 0 Å². The zero-order valence-corrected chi connectivity index (χ0v) is 9.55. The van der Waals surface area contributed by atoms with Gasteiger partial charge in [-0.3, -0.25) is 0 Å². The molecule has 3 aromatic rings. The number of halogens is 1. The van der Waals surface area contributed by atoms with Gasteiger partial charge in [0, 0.05) is 23.5 Å². The molecule has 4 heteroatoms. The Bertz CT molecular complexity index is 689. The van der Waals surface area contributed by atoms with Crippen LogP contribution >= 0.6 is 0 Å². The first-order valence-corrected chi connectivity index (χ1v) is 5.61. The molecule has 2 aromatic heterocycles. The van der Waals surface area contributed by atoms with Crippen molar-refractivity contribution in [3.8, 4) is 11.3 Å². The maximum absolute atomic E-state index is 12.9. The average Bonchev–Trinajstić information content (AvgIpc) is 2.83. The maximum Gasteiger partial charge on any atom is 0.142 e. The van der Waals surface area contributed by atoms with Gasteiger partial charge in [-0.25, -0.2) is 9.37 Å². The van der Waals surface area contributed by atoms with Crippen molar-refractivity contribution < 1.29 is 9.50 Å². The van der Waals surface area contributed by atoms with Crippen LogP contribution in [0.3, 0.4) is 0 Å². The van der Waals surface area contributed by atoms with Crippen LogP contribution in [0.2, 0.25) is 0 Å². The Hall–Kier alpha value is -2.20. The van der Waals surface area contributed by atoms with E-state index in [1.165, 1.54) is 12.1 Å². The molecule has 18 heavy (non-hydrogen) atoms. The van der Waals surface area contributed by atoms with Crippen molar-refractivity contribution in [2.45, 2.75) is 6.61 Å². The lowest BCUT2D eigenvalue weighted by Crippen LogP contribution is -1.90. The van der Waals surface area contributed by atoms with Gasteiger partial charge in [0.05, 0.1) is 12.3 Å². The van der Waals surface area contributed by atoms with Crippen molar-refractivity contribution in [1.29, 1.82) is 0 Å². The summed E-state index contributed by atoms with van der Waals surface area (Å²) in [5.41, 5.74) is 3.10. The van der Waals surface area contributed by atoms with E-state index in [1.807, 2.05) is 28.9 Å². The van der Waals surface area contributed by atoms with E-state index in [9.17, 15) is 9.50 Å². The monoisotopic (exact) mass is 242 g/mol. The number of pyridine rings is 1. The zero-order chi connectivity index (χ0) is 12.5. The van der Waals surface area contributed by atoms with Gasteiger partial charge >= 0.3 is 0 Å². The van der Waals surface area contributed by atoms with Gasteiger partial charge in [0.25, 0.3) is 0 Å². The zero-order valence-electron chi connectivity index (χ0n) is 9.55. The van der Waals surface area contributed by atoms with Gasteiger partial charge in [-0.1, -0.05) is 6.07 Å². The minimum absolute atomic E-state index is 0.0514. The molecular weight excluding hydrogens is 231 g/mol. The van der Waals surface area contributed by atoms with E-state index in [4.69, 9.17) is 0 Å². The van der Waals surface area contributed by atoms with Crippen LogP contribution in [-0.4, -0.2) is 14.5 Å². The van der Waals surface area contributed by atoms with E-state index in [0.717, 1.165) is 22.5 Å². The molecular formula is C14H11FN2O. The van der Waals surface area contributed by atoms with Crippen molar-refractivity contribution in [1.82, 2.24) is 9.38 Å². The first-order chi connectivity index (χ1) is 8.78. The molecule has 0 aliphatic heterocycles. The molecule has 0 aliphatic rings. The molecule has 0 aliphatic carbocycles. The summed E-state index contributed by atoms with van der Waals surface area (Å²) in [7, 11) is 0. The summed E-state index contributed by atoms with van der Waals surface area (Å²) in [5.74, 6) is -0.265. The summed E-state index contributed by atoms with van der Waals surface area (Å²) < 4.78 is 14.7. The molecule has 0 radical (unpaired) electrons. The van der Waals surface area contributed by atoms with Gasteiger partial charge in [-0.2, -0.15) is 0 Å². The molecule has 0 spiro atoms. The summed E-state index contributed by atoms with van der Waals surface area (Å²) in [6.07, 6.45) is 3.73. The second-order valence-electron chi connectivity index (χ2n) is 4.06. The third-order valence-electron chi connectivity index (χ3n) is 2.87. The fourth-order valence-corrected chi connectivity index (χ4v) is 1.95. The smallest absolute Gasteiger partial charge is 0.142 e. The van der Waals surface area contributed by atoms with E-state index in [2.05, 4.69) is 4.98 Å². The summed E-state index contributed by atoms with van der Waals surface area (Å²) in [6, 6.07) is 9.88. The van der Waals surface area contributed by atoms with Crippen molar-refractivity contribution in [2.75, 3.05) is 0 Å². The van der Waals surface area contributed by atoms with Gasteiger partial charge in [0.15, 0.2) is 0 Å². The number of hydrogen-bond donors (Lipinski definition) is 1. The highest BCUT2D eigenvalue weighted by Gasteiger charge is 2.07. The van der Waals surface area contributed by atoms with Crippen LogP contribution in [0.5, 0.6) is 0 Å². The van der Waals surface area contributed by atoms with Crippen molar-refractivity contribution >= 4 is 5.65 Å². The molecule has 0 atom stereocenters. The fraction of sp³-hybridized carbons (Fsp3) is 0.0714. The number of aromatic nitrogens is 2. The Balaban J connectivity index is 2.16. The molecule has 0 unspecified atom stereocenters. The highest BCUT2D eigenvalue weighted by atomic mass is 19.1. The largest absolute Gasteiger partial charge is 0.392 e. The van der Waals surface area contributed by atoms with Crippen molar-refractivity contribution in [2.24, 2.45) is 0 Å². The summed E-state index contributed by atoms with van der Waals surface area (Å²) in [5, 5.41) is 9.25. The number of fused-ring (bicyclic) bond motifs is 1. The quantitative estimate of drug-likeness (QED) is 0.750. The van der Waals surface area contributed by atoms with Crippen LogP contribution in [0.15, 0.2) is 48.8 Å². The van der Waals surface area contributed by atoms with Gasteiger partial charge < -0.3 is 9.51 Å². The van der Waals surface area contributed by atoms with E-state index >= 15 is 0 Å². The lowest BCUT2D eigenvalue weighted by molar-refractivity contribution is 0.282. The van der Waals surface area contributed by atoms with Gasteiger partial charge in [-0.15, -0.1) is 0 Å². The molecule has 1 N–H and O–H groups in total. The normalized spacial score (nSPS) is 11.0. The Labute approximate surface area is 103 Å². The molecule has 0 saturated carbocycles. The average molecular weight is 242 g/mol. The minimum atomic E-state index is -0.265. The van der Waals surface area contributed by atoms with E-state index in [1.54, 1.807) is 12.1 Å². The highest BCUT2D eigenvalue weighted by molar-refractivity contribution is 5.64. The topological polar surface area (TPSA) is 37.5 Å². The van der Waals surface area contributed by atoms with E-state index in [-0.39, 0.29) is 12.4 Å². The standard InChI is InChI=1S/C14H11FN2O/c15-12-5-3-10(4-6-12)13-8-17-7-1-2-11(9-18)14(17)16-13/h1-8,18H,9H2. The number of benzene rings is 1. The Morgan fingerprint density at radius 2 is 1.94 bits per heavy atom. The lowest BCUT2D eigenvalue weighted by Gasteiger charge is -1.97.